The van der Waals surface area contributed by atoms with Gasteiger partial charge in [0.15, 0.2) is 11.3 Å². The Hall–Kier alpha value is -4.46. The fraction of sp³-hybridized carbons (Fsp3) is 0.154. The van der Waals surface area contributed by atoms with Crippen molar-refractivity contribution in [2.45, 2.75) is 13.8 Å². The summed E-state index contributed by atoms with van der Waals surface area (Å²) in [5.41, 5.74) is 2.44. The van der Waals surface area contributed by atoms with Crippen LogP contribution < -0.4 is 15.6 Å². The first-order valence-corrected chi connectivity index (χ1v) is 10.7. The van der Waals surface area contributed by atoms with Crippen LogP contribution in [0.5, 0.6) is 5.75 Å². The Kier molecular flexibility index (Phi) is 6.68. The second-order valence-corrected chi connectivity index (χ2v) is 7.34. The molecule has 0 spiro atoms. The number of aryl methyl sites for hydroxylation is 1. The van der Waals surface area contributed by atoms with Gasteiger partial charge < -0.3 is 19.2 Å². The number of pyridine rings is 1. The Balaban J connectivity index is 1.81. The molecule has 0 aliphatic heterocycles. The predicted octanol–water partition coefficient (Wildman–Crippen LogP) is 4.81. The van der Waals surface area contributed by atoms with Crippen LogP contribution in [0.25, 0.3) is 11.0 Å². The average Bonchev–Trinajstić information content (AvgIpc) is 2.84. The molecule has 172 valence electrons. The van der Waals surface area contributed by atoms with E-state index in [1.807, 2.05) is 31.2 Å². The van der Waals surface area contributed by atoms with E-state index >= 15 is 0 Å². The van der Waals surface area contributed by atoms with Crippen LogP contribution >= 0.6 is 0 Å². The van der Waals surface area contributed by atoms with Crippen molar-refractivity contribution < 1.29 is 23.5 Å². The number of amides is 1. The number of carbonyl (C=O) groups is 2. The summed E-state index contributed by atoms with van der Waals surface area (Å²) >= 11 is 0. The summed E-state index contributed by atoms with van der Waals surface area (Å²) in [4.78, 5) is 34.0. The summed E-state index contributed by atoms with van der Waals surface area (Å²) in [6.45, 7) is 3.88. The normalized spacial score (nSPS) is 11.3. The van der Waals surface area contributed by atoms with Gasteiger partial charge in [-0.1, -0.05) is 18.2 Å². The molecule has 0 saturated carbocycles. The van der Waals surface area contributed by atoms with Crippen molar-refractivity contribution in [3.63, 3.8) is 0 Å². The van der Waals surface area contributed by atoms with Gasteiger partial charge in [-0.2, -0.15) is 0 Å². The number of fused-ring (bicyclic) bond motifs is 1. The van der Waals surface area contributed by atoms with E-state index in [-0.39, 0.29) is 17.7 Å². The largest absolute Gasteiger partial charge is 0.493 e. The summed E-state index contributed by atoms with van der Waals surface area (Å²) in [7, 11) is 1.54. The van der Waals surface area contributed by atoms with Gasteiger partial charge in [-0.15, -0.1) is 0 Å². The first-order valence-electron chi connectivity index (χ1n) is 10.7. The third-order valence-electron chi connectivity index (χ3n) is 4.94. The molecule has 0 unspecified atom stereocenters. The molecule has 0 radical (unpaired) electrons. The highest BCUT2D eigenvalue weighted by Crippen LogP contribution is 2.25. The number of nitrogens with one attached hydrogen (secondary N) is 1. The molecule has 4 aromatic rings. The van der Waals surface area contributed by atoms with Gasteiger partial charge in [-0.05, 0) is 62.4 Å². The van der Waals surface area contributed by atoms with Crippen LogP contribution in [-0.4, -0.2) is 30.6 Å². The molecule has 8 nitrogen and oxygen atoms in total. The lowest BCUT2D eigenvalue weighted by molar-refractivity contribution is 0.0526. The highest BCUT2D eigenvalue weighted by molar-refractivity contribution is 6.05. The maximum Gasteiger partial charge on any atom is 0.338 e. The molecule has 34 heavy (non-hydrogen) atoms. The van der Waals surface area contributed by atoms with E-state index in [1.54, 1.807) is 56.5 Å². The van der Waals surface area contributed by atoms with Crippen LogP contribution in [0.1, 0.15) is 33.3 Å². The van der Waals surface area contributed by atoms with E-state index < -0.39 is 11.9 Å². The molecule has 2 aromatic heterocycles. The monoisotopic (exact) mass is 457 g/mol. The minimum Gasteiger partial charge on any atom is -0.493 e. The molecule has 0 atom stereocenters. The lowest BCUT2D eigenvalue weighted by Gasteiger charge is -2.09. The predicted molar refractivity (Wildman–Crippen MR) is 127 cm³/mol. The number of aromatic nitrogens is 1. The molecule has 1 amide bonds. The van der Waals surface area contributed by atoms with Crippen molar-refractivity contribution in [1.29, 1.82) is 0 Å². The van der Waals surface area contributed by atoms with Crippen molar-refractivity contribution in [3.05, 3.63) is 89.1 Å². The Morgan fingerprint density at radius 1 is 1.06 bits per heavy atom. The molecule has 2 heterocycles. The molecule has 0 aliphatic rings. The fourth-order valence-electron chi connectivity index (χ4n) is 3.33. The van der Waals surface area contributed by atoms with E-state index in [0.717, 1.165) is 5.69 Å². The van der Waals surface area contributed by atoms with Gasteiger partial charge in [0.2, 0.25) is 5.55 Å². The van der Waals surface area contributed by atoms with Gasteiger partial charge in [0.05, 0.1) is 25.0 Å². The minimum absolute atomic E-state index is 0.0889. The SMILES string of the molecule is CCOC(=O)c1ccc(N=c2oc3c(OC)cccc3cc2C(=O)Nc2cccc(C)n2)cc1. The maximum absolute atomic E-state index is 13.2. The fourth-order valence-corrected chi connectivity index (χ4v) is 3.33. The molecule has 8 heteroatoms. The zero-order valence-electron chi connectivity index (χ0n) is 19.0. The summed E-state index contributed by atoms with van der Waals surface area (Å²) in [5.74, 6) is 0.0905. The van der Waals surface area contributed by atoms with Gasteiger partial charge >= 0.3 is 5.97 Å². The van der Waals surface area contributed by atoms with Crippen LogP contribution in [0, 0.1) is 6.92 Å². The van der Waals surface area contributed by atoms with Crippen LogP contribution in [0.2, 0.25) is 0 Å². The molecule has 4 rings (SSSR count). The number of rotatable bonds is 6. The van der Waals surface area contributed by atoms with Gasteiger partial charge in [0.1, 0.15) is 11.4 Å². The van der Waals surface area contributed by atoms with E-state index in [2.05, 4.69) is 15.3 Å². The van der Waals surface area contributed by atoms with Crippen molar-refractivity contribution in [1.82, 2.24) is 4.98 Å². The zero-order valence-corrected chi connectivity index (χ0v) is 19.0. The second-order valence-electron chi connectivity index (χ2n) is 7.34. The number of methoxy groups -OCH3 is 1. The molecule has 2 aromatic carbocycles. The molecule has 0 aliphatic carbocycles. The Bertz CT molecular complexity index is 1420. The topological polar surface area (TPSA) is 103 Å². The van der Waals surface area contributed by atoms with Crippen LogP contribution in [0.4, 0.5) is 11.5 Å². The maximum atomic E-state index is 13.2. The Morgan fingerprint density at radius 3 is 2.53 bits per heavy atom. The second kappa shape index (κ2) is 9.99. The quantitative estimate of drug-likeness (QED) is 0.417. The van der Waals surface area contributed by atoms with Crippen LogP contribution in [0.15, 0.2) is 76.1 Å². The van der Waals surface area contributed by atoms with Crippen molar-refractivity contribution in [2.24, 2.45) is 4.99 Å². The number of hydrogen-bond donors (Lipinski definition) is 1. The highest BCUT2D eigenvalue weighted by atomic mass is 16.5. The van der Waals surface area contributed by atoms with Crippen molar-refractivity contribution in [3.8, 4) is 5.75 Å². The van der Waals surface area contributed by atoms with E-state index in [4.69, 9.17) is 13.9 Å². The van der Waals surface area contributed by atoms with Crippen LogP contribution in [-0.2, 0) is 4.74 Å². The number of para-hydroxylation sites is 1. The molecule has 0 bridgehead atoms. The minimum atomic E-state index is -0.423. The molecule has 0 fully saturated rings. The summed E-state index contributed by atoms with van der Waals surface area (Å²) in [5, 5.41) is 3.47. The molecular weight excluding hydrogens is 434 g/mol. The van der Waals surface area contributed by atoms with E-state index in [0.29, 0.717) is 33.8 Å². The Morgan fingerprint density at radius 2 is 1.82 bits per heavy atom. The first-order chi connectivity index (χ1) is 16.5. The zero-order chi connectivity index (χ0) is 24.1. The molecule has 0 saturated heterocycles. The van der Waals surface area contributed by atoms with Crippen LogP contribution in [0.3, 0.4) is 0 Å². The molecule has 1 N–H and O–H groups in total. The highest BCUT2D eigenvalue weighted by Gasteiger charge is 2.16. The van der Waals surface area contributed by atoms with Gasteiger partial charge in [-0.25, -0.2) is 14.8 Å². The smallest absolute Gasteiger partial charge is 0.338 e. The van der Waals surface area contributed by atoms with Gasteiger partial charge in [0.25, 0.3) is 5.91 Å². The number of benzene rings is 2. The Labute approximate surface area is 195 Å². The number of hydrogen-bond acceptors (Lipinski definition) is 7. The number of esters is 1. The number of nitrogens with zero attached hydrogens (tertiary/aromatic N) is 2. The lowest BCUT2D eigenvalue weighted by Crippen LogP contribution is -2.22. The van der Waals surface area contributed by atoms with E-state index in [9.17, 15) is 9.59 Å². The lowest BCUT2D eigenvalue weighted by atomic mass is 10.1. The van der Waals surface area contributed by atoms with Crippen molar-refractivity contribution >= 4 is 34.4 Å². The summed E-state index contributed by atoms with van der Waals surface area (Å²) in [6, 6.07) is 19.0. The number of anilines is 1. The number of ether oxygens (including phenoxy) is 2. The summed E-state index contributed by atoms with van der Waals surface area (Å²) in [6.07, 6.45) is 0. The first kappa shape index (κ1) is 22.7. The number of carbonyl (C=O) groups excluding carboxylic acids is 2. The van der Waals surface area contributed by atoms with E-state index in [1.165, 1.54) is 0 Å². The summed E-state index contributed by atoms with van der Waals surface area (Å²) < 4.78 is 16.5. The molecular formula is C26H23N3O5. The van der Waals surface area contributed by atoms with Gasteiger partial charge in [-0.3, -0.25) is 4.79 Å². The average molecular weight is 457 g/mol. The third-order valence-corrected chi connectivity index (χ3v) is 4.94. The standard InChI is InChI=1S/C26H23N3O5/c1-4-33-26(31)17-11-13-19(14-12-17)28-25-20(24(30)29-22-10-5-7-16(2)27-22)15-18-8-6-9-21(32-3)23(18)34-25/h5-15H,4H2,1-3H3,(H,27,29,30). The third kappa shape index (κ3) is 4.96. The van der Waals surface area contributed by atoms with Crippen molar-refractivity contribution in [2.75, 3.05) is 19.0 Å². The van der Waals surface area contributed by atoms with Gasteiger partial charge in [0, 0.05) is 11.1 Å².